The molecule has 1 amide bonds. The number of hydrogen-bond donors (Lipinski definition) is 2. The summed E-state index contributed by atoms with van der Waals surface area (Å²) in [5.41, 5.74) is 6.52. The number of ether oxygens (including phenoxy) is 1. The van der Waals surface area contributed by atoms with Crippen LogP contribution in [0.5, 0.6) is 0 Å². The van der Waals surface area contributed by atoms with E-state index in [0.717, 1.165) is 25.9 Å². The zero-order valence-corrected chi connectivity index (χ0v) is 12.3. The molecule has 0 spiro atoms. The maximum atomic E-state index is 14.1. The van der Waals surface area contributed by atoms with Crippen LogP contribution in [0.15, 0.2) is 18.2 Å². The average Bonchev–Trinajstić information content (AvgIpc) is 2.98. The van der Waals surface area contributed by atoms with Gasteiger partial charge in [-0.15, -0.1) is 0 Å². The van der Waals surface area contributed by atoms with E-state index in [1.165, 1.54) is 13.2 Å². The first-order valence-electron chi connectivity index (χ1n) is 7.21. The van der Waals surface area contributed by atoms with Crippen LogP contribution in [-0.4, -0.2) is 38.8 Å². The molecule has 3 N–H and O–H groups in total. The summed E-state index contributed by atoms with van der Waals surface area (Å²) in [7, 11) is 1.51. The SMILES string of the molecule is COC(CN)CC(=O)Nc1ccc(N2CCCC2)c(F)c1. The Kier molecular flexibility index (Phi) is 5.52. The molecule has 1 fully saturated rings. The van der Waals surface area contributed by atoms with Crippen molar-refractivity contribution in [2.24, 2.45) is 5.73 Å². The molecule has 1 aromatic carbocycles. The van der Waals surface area contributed by atoms with Gasteiger partial charge in [0.2, 0.25) is 5.91 Å². The molecule has 0 saturated carbocycles. The molecule has 2 rings (SSSR count). The van der Waals surface area contributed by atoms with Crippen molar-refractivity contribution in [3.8, 4) is 0 Å². The van der Waals surface area contributed by atoms with Crippen LogP contribution in [0.4, 0.5) is 15.8 Å². The monoisotopic (exact) mass is 295 g/mol. The zero-order chi connectivity index (χ0) is 15.2. The third kappa shape index (κ3) is 4.15. The highest BCUT2D eigenvalue weighted by atomic mass is 19.1. The van der Waals surface area contributed by atoms with Gasteiger partial charge in [-0.2, -0.15) is 0 Å². The molecule has 116 valence electrons. The van der Waals surface area contributed by atoms with Crippen molar-refractivity contribution in [3.05, 3.63) is 24.0 Å². The summed E-state index contributed by atoms with van der Waals surface area (Å²) in [5.74, 6) is -0.544. The highest BCUT2D eigenvalue weighted by Gasteiger charge is 2.17. The van der Waals surface area contributed by atoms with E-state index in [-0.39, 0.29) is 30.8 Å². The smallest absolute Gasteiger partial charge is 0.227 e. The Labute approximate surface area is 124 Å². The van der Waals surface area contributed by atoms with Crippen LogP contribution in [-0.2, 0) is 9.53 Å². The van der Waals surface area contributed by atoms with Gasteiger partial charge in [0.25, 0.3) is 0 Å². The topological polar surface area (TPSA) is 67.6 Å². The van der Waals surface area contributed by atoms with Crippen molar-refractivity contribution in [1.82, 2.24) is 0 Å². The molecule has 1 aliphatic rings. The normalized spacial score (nSPS) is 16.0. The van der Waals surface area contributed by atoms with Crippen LogP contribution in [0.2, 0.25) is 0 Å². The van der Waals surface area contributed by atoms with Gasteiger partial charge < -0.3 is 20.7 Å². The fourth-order valence-corrected chi connectivity index (χ4v) is 2.48. The molecule has 21 heavy (non-hydrogen) atoms. The van der Waals surface area contributed by atoms with Crippen molar-refractivity contribution in [1.29, 1.82) is 0 Å². The summed E-state index contributed by atoms with van der Waals surface area (Å²) in [6.45, 7) is 2.04. The molecule has 1 saturated heterocycles. The van der Waals surface area contributed by atoms with Gasteiger partial charge in [0.1, 0.15) is 5.82 Å². The number of nitrogens with one attached hydrogen (secondary N) is 1. The Morgan fingerprint density at radius 3 is 2.76 bits per heavy atom. The van der Waals surface area contributed by atoms with Gasteiger partial charge in [0.15, 0.2) is 0 Å². The maximum Gasteiger partial charge on any atom is 0.227 e. The second-order valence-corrected chi connectivity index (χ2v) is 5.21. The molecule has 1 heterocycles. The van der Waals surface area contributed by atoms with Crippen molar-refractivity contribution < 1.29 is 13.9 Å². The quantitative estimate of drug-likeness (QED) is 0.838. The fraction of sp³-hybridized carbons (Fsp3) is 0.533. The Morgan fingerprint density at radius 2 is 2.19 bits per heavy atom. The first-order chi connectivity index (χ1) is 10.1. The lowest BCUT2D eigenvalue weighted by Crippen LogP contribution is -2.28. The molecule has 1 unspecified atom stereocenters. The molecular weight excluding hydrogens is 273 g/mol. The van der Waals surface area contributed by atoms with Gasteiger partial charge in [-0.25, -0.2) is 4.39 Å². The van der Waals surface area contributed by atoms with Crippen LogP contribution < -0.4 is 16.0 Å². The second-order valence-electron chi connectivity index (χ2n) is 5.21. The van der Waals surface area contributed by atoms with E-state index in [4.69, 9.17) is 10.5 Å². The minimum Gasteiger partial charge on any atom is -0.380 e. The molecule has 6 heteroatoms. The number of anilines is 2. The summed E-state index contributed by atoms with van der Waals surface area (Å²) in [5, 5.41) is 2.67. The van der Waals surface area contributed by atoms with Crippen LogP contribution in [0.1, 0.15) is 19.3 Å². The predicted octanol–water partition coefficient (Wildman–Crippen LogP) is 1.73. The molecule has 1 atom stereocenters. The number of rotatable bonds is 6. The first kappa shape index (κ1) is 15.7. The lowest BCUT2D eigenvalue weighted by Gasteiger charge is -2.19. The highest BCUT2D eigenvalue weighted by molar-refractivity contribution is 5.91. The Hall–Kier alpha value is -1.66. The third-order valence-electron chi connectivity index (χ3n) is 3.69. The third-order valence-corrected chi connectivity index (χ3v) is 3.69. The van der Waals surface area contributed by atoms with Gasteiger partial charge in [0.05, 0.1) is 18.2 Å². The number of halogens is 1. The number of hydrogen-bond acceptors (Lipinski definition) is 4. The zero-order valence-electron chi connectivity index (χ0n) is 12.3. The molecule has 0 aromatic heterocycles. The minimum atomic E-state index is -0.321. The first-order valence-corrected chi connectivity index (χ1v) is 7.21. The van der Waals surface area contributed by atoms with Crippen LogP contribution >= 0.6 is 0 Å². The number of amides is 1. The number of methoxy groups -OCH3 is 1. The van der Waals surface area contributed by atoms with Crippen molar-refractivity contribution in [3.63, 3.8) is 0 Å². The Morgan fingerprint density at radius 1 is 1.48 bits per heavy atom. The molecule has 0 bridgehead atoms. The number of nitrogens with zero attached hydrogens (tertiary/aromatic N) is 1. The van der Waals surface area contributed by atoms with Gasteiger partial charge in [-0.1, -0.05) is 0 Å². The summed E-state index contributed by atoms with van der Waals surface area (Å²) < 4.78 is 19.2. The van der Waals surface area contributed by atoms with Gasteiger partial charge in [-0.05, 0) is 31.0 Å². The molecule has 0 radical (unpaired) electrons. The van der Waals surface area contributed by atoms with Crippen LogP contribution in [0.25, 0.3) is 0 Å². The van der Waals surface area contributed by atoms with Gasteiger partial charge >= 0.3 is 0 Å². The van der Waals surface area contributed by atoms with E-state index in [1.807, 2.05) is 4.90 Å². The largest absolute Gasteiger partial charge is 0.380 e. The number of carbonyl (C=O) groups is 1. The summed E-state index contributed by atoms with van der Waals surface area (Å²) in [6, 6.07) is 4.79. The second kappa shape index (κ2) is 7.38. The standard InChI is InChI=1S/C15H22FN3O2/c1-21-12(10-17)9-15(20)18-11-4-5-14(13(16)8-11)19-6-2-3-7-19/h4-5,8,12H,2-3,6-7,9-10,17H2,1H3,(H,18,20). The van der Waals surface area contributed by atoms with E-state index in [2.05, 4.69) is 5.32 Å². The number of nitrogens with two attached hydrogens (primary N) is 1. The predicted molar refractivity (Wildman–Crippen MR) is 80.9 cm³/mol. The van der Waals surface area contributed by atoms with E-state index in [1.54, 1.807) is 12.1 Å². The van der Waals surface area contributed by atoms with E-state index in [0.29, 0.717) is 11.4 Å². The van der Waals surface area contributed by atoms with E-state index >= 15 is 0 Å². The van der Waals surface area contributed by atoms with E-state index < -0.39 is 0 Å². The highest BCUT2D eigenvalue weighted by Crippen LogP contribution is 2.26. The summed E-state index contributed by atoms with van der Waals surface area (Å²) in [6.07, 6.45) is 2.02. The van der Waals surface area contributed by atoms with Crippen molar-refractivity contribution >= 4 is 17.3 Å². The molecule has 5 nitrogen and oxygen atoms in total. The fourth-order valence-electron chi connectivity index (χ4n) is 2.48. The molecular formula is C15H22FN3O2. The van der Waals surface area contributed by atoms with E-state index in [9.17, 15) is 9.18 Å². The van der Waals surface area contributed by atoms with Crippen molar-refractivity contribution in [2.45, 2.75) is 25.4 Å². The maximum absolute atomic E-state index is 14.1. The lowest BCUT2D eigenvalue weighted by atomic mass is 10.2. The van der Waals surface area contributed by atoms with Crippen molar-refractivity contribution in [2.75, 3.05) is 37.0 Å². The Bertz CT molecular complexity index is 486. The number of benzene rings is 1. The molecule has 0 aliphatic carbocycles. The Balaban J connectivity index is 1.98. The van der Waals surface area contributed by atoms with Crippen LogP contribution in [0.3, 0.4) is 0 Å². The van der Waals surface area contributed by atoms with Gasteiger partial charge in [-0.3, -0.25) is 4.79 Å². The average molecular weight is 295 g/mol. The molecule has 1 aromatic rings. The van der Waals surface area contributed by atoms with Gasteiger partial charge in [0, 0.05) is 32.4 Å². The summed E-state index contributed by atoms with van der Waals surface area (Å²) in [4.78, 5) is 13.8. The lowest BCUT2D eigenvalue weighted by molar-refractivity contribution is -0.118. The minimum absolute atomic E-state index is 0.155. The summed E-state index contributed by atoms with van der Waals surface area (Å²) >= 11 is 0. The number of carbonyl (C=O) groups excluding carboxylic acids is 1. The molecule has 1 aliphatic heterocycles. The van der Waals surface area contributed by atoms with Crippen LogP contribution in [0, 0.1) is 5.82 Å².